The molecule has 4 aromatic rings. The molecule has 0 aliphatic heterocycles. The second-order valence-electron chi connectivity index (χ2n) is 11.1. The van der Waals surface area contributed by atoms with Gasteiger partial charge in [-0.1, -0.05) is 0 Å². The predicted octanol–water partition coefficient (Wildman–Crippen LogP) is 8.86. The number of benzene rings is 4. The van der Waals surface area contributed by atoms with Crippen LogP contribution in [0.4, 0.5) is 0 Å². The maximum atomic E-state index is 2.66. The van der Waals surface area contributed by atoms with Crippen molar-refractivity contribution in [2.24, 2.45) is 0 Å². The number of rotatable bonds is 6. The summed E-state index contributed by atoms with van der Waals surface area (Å²) in [5.74, 6) is 0. The van der Waals surface area contributed by atoms with Crippen LogP contribution in [0.25, 0.3) is 12.2 Å². The van der Waals surface area contributed by atoms with Crippen molar-refractivity contribution >= 4 is 18.3 Å². The van der Waals surface area contributed by atoms with Crippen molar-refractivity contribution in [3.8, 4) is 0 Å². The molecule has 0 nitrogen and oxygen atoms in total. The first-order chi connectivity index (χ1) is 17.6. The molecule has 0 bridgehead atoms. The van der Waals surface area contributed by atoms with Crippen LogP contribution in [0.3, 0.4) is 0 Å². The zero-order valence-electron chi connectivity index (χ0n) is 21.3. The fourth-order valence-corrected chi connectivity index (χ4v) is 33.4. The van der Waals surface area contributed by atoms with Gasteiger partial charge in [-0.05, 0) is 0 Å². The van der Waals surface area contributed by atoms with Crippen LogP contribution in [0.2, 0.25) is 13.1 Å². The molecule has 178 valence electrons. The van der Waals surface area contributed by atoms with E-state index in [1.165, 1.54) is 31.7 Å². The van der Waals surface area contributed by atoms with Crippen LogP contribution in [0, 0.1) is 0 Å². The second kappa shape index (κ2) is 9.31. The zero-order valence-corrected chi connectivity index (χ0v) is 23.8. The van der Waals surface area contributed by atoms with Crippen molar-refractivity contribution in [3.63, 3.8) is 0 Å². The Hall–Kier alpha value is -2.71. The molecule has 6 rings (SSSR count). The van der Waals surface area contributed by atoms with Crippen LogP contribution in [0.15, 0.2) is 121 Å². The standard InChI is InChI=1S/2C9H7.2C7H7.C2H6Si.Ti/c2*1-2-5-9-7-3-6-8(9)4-1;2*1-7-5-3-2-4-6-7;1-3-2;/h2*1-7H;2*2-6H,1H2;1-2H3;. The van der Waals surface area contributed by atoms with Gasteiger partial charge in [-0.2, -0.15) is 0 Å². The first kappa shape index (κ1) is 23.7. The molecule has 2 heteroatoms. The van der Waals surface area contributed by atoms with E-state index in [1.807, 2.05) is 0 Å². The van der Waals surface area contributed by atoms with Crippen LogP contribution in [0.5, 0.6) is 0 Å². The molecule has 0 saturated carbocycles. The molecule has 2 unspecified atom stereocenters. The van der Waals surface area contributed by atoms with E-state index in [0.29, 0.717) is 8.45 Å². The summed E-state index contributed by atoms with van der Waals surface area (Å²) < 4.78 is 3.51. The SMILES string of the molecule is C[Si](C)=[Ti]([CH2]c1ccccc1)([CH2]c1ccccc1)([CH]1C=Cc2ccccc21)[CH]1C=Cc2ccccc21. The van der Waals surface area contributed by atoms with E-state index in [4.69, 9.17) is 0 Å². The van der Waals surface area contributed by atoms with E-state index in [9.17, 15) is 0 Å². The maximum absolute atomic E-state index is 3.67. The van der Waals surface area contributed by atoms with Gasteiger partial charge in [-0.15, -0.1) is 0 Å². The normalized spacial score (nSPS) is 18.2. The van der Waals surface area contributed by atoms with Crippen LogP contribution in [0.1, 0.15) is 41.8 Å². The second-order valence-corrected chi connectivity index (χ2v) is 32.0. The van der Waals surface area contributed by atoms with E-state index in [2.05, 4.69) is 147 Å². The van der Waals surface area contributed by atoms with Crippen LogP contribution in [-0.4, -0.2) is 6.19 Å². The van der Waals surface area contributed by atoms with Crippen molar-refractivity contribution in [1.82, 2.24) is 0 Å². The minimum absolute atomic E-state index is 0.517. The number of hydrogen-bond donors (Lipinski definition) is 0. The Kier molecular flexibility index (Phi) is 6.12. The third-order valence-corrected chi connectivity index (χ3v) is 38.3. The van der Waals surface area contributed by atoms with Gasteiger partial charge in [0.05, 0.1) is 0 Å². The summed E-state index contributed by atoms with van der Waals surface area (Å²) in [6, 6.07) is 41.4. The third kappa shape index (κ3) is 3.60. The molecule has 2 aliphatic rings. The van der Waals surface area contributed by atoms with Crippen molar-refractivity contribution < 1.29 is 14.0 Å². The number of fused-ring (bicyclic) bond motifs is 2. The zero-order chi connectivity index (χ0) is 24.6. The molecule has 36 heavy (non-hydrogen) atoms. The predicted molar refractivity (Wildman–Crippen MR) is 154 cm³/mol. The summed E-state index contributed by atoms with van der Waals surface area (Å²) in [7, 11) is 0. The Bertz CT molecular complexity index is 1430. The molecule has 0 amide bonds. The van der Waals surface area contributed by atoms with Gasteiger partial charge in [0.25, 0.3) is 0 Å². The Morgan fingerprint density at radius 3 is 1.33 bits per heavy atom. The van der Waals surface area contributed by atoms with E-state index < -0.39 is 20.2 Å². The molecule has 2 atom stereocenters. The van der Waals surface area contributed by atoms with Crippen LogP contribution >= 0.6 is 0 Å². The minimum atomic E-state index is -3.67. The molecule has 0 saturated heterocycles. The Morgan fingerprint density at radius 1 is 0.528 bits per heavy atom. The molecule has 0 spiro atoms. The molecule has 0 radical (unpaired) electrons. The summed E-state index contributed by atoms with van der Waals surface area (Å²) >= 11 is -3.67. The molecule has 4 aromatic carbocycles. The van der Waals surface area contributed by atoms with Gasteiger partial charge in [0, 0.05) is 0 Å². The summed E-state index contributed by atoms with van der Waals surface area (Å²) in [5, 5.41) is 0. The molecule has 0 heterocycles. The fourth-order valence-electron chi connectivity index (χ4n) is 7.58. The average Bonchev–Trinajstić information content (AvgIpc) is 3.55. The molecular weight excluding hydrogens is 484 g/mol. The monoisotopic (exact) mass is 518 g/mol. The van der Waals surface area contributed by atoms with E-state index in [1.54, 1.807) is 11.1 Å². The van der Waals surface area contributed by atoms with Gasteiger partial charge in [0.2, 0.25) is 0 Å². The van der Waals surface area contributed by atoms with E-state index >= 15 is 0 Å². The summed E-state index contributed by atoms with van der Waals surface area (Å²) in [4.78, 5) is 0. The summed E-state index contributed by atoms with van der Waals surface area (Å²) in [6.07, 6.45) is 9.41. The molecule has 0 N–H and O–H groups in total. The van der Waals surface area contributed by atoms with Gasteiger partial charge < -0.3 is 0 Å². The van der Waals surface area contributed by atoms with Gasteiger partial charge >= 0.3 is 218 Å². The van der Waals surface area contributed by atoms with Gasteiger partial charge in [-0.25, -0.2) is 0 Å². The summed E-state index contributed by atoms with van der Waals surface area (Å²) in [5.41, 5.74) is 9.05. The van der Waals surface area contributed by atoms with Crippen molar-refractivity contribution in [3.05, 3.63) is 155 Å². The Balaban J connectivity index is 1.74. The van der Waals surface area contributed by atoms with Crippen molar-refractivity contribution in [2.45, 2.75) is 31.0 Å². The third-order valence-electron chi connectivity index (χ3n) is 9.36. The van der Waals surface area contributed by atoms with Gasteiger partial charge in [-0.3, -0.25) is 0 Å². The first-order valence-electron chi connectivity index (χ1n) is 13.2. The van der Waals surface area contributed by atoms with Crippen LogP contribution < -0.4 is 0 Å². The number of hydrogen-bond acceptors (Lipinski definition) is 0. The first-order valence-corrected chi connectivity index (χ1v) is 22.1. The molecule has 0 aromatic heterocycles. The van der Waals surface area contributed by atoms with Gasteiger partial charge in [0.1, 0.15) is 0 Å². The van der Waals surface area contributed by atoms with E-state index in [0.717, 1.165) is 0 Å². The average molecular weight is 519 g/mol. The Morgan fingerprint density at radius 2 is 0.917 bits per heavy atom. The number of allylic oxidation sites excluding steroid dienone is 2. The molecular formula is C34H34SiTi. The van der Waals surface area contributed by atoms with Crippen molar-refractivity contribution in [2.75, 3.05) is 0 Å². The topological polar surface area (TPSA) is 0 Å². The molecule has 2 aliphatic carbocycles. The van der Waals surface area contributed by atoms with E-state index in [-0.39, 0.29) is 0 Å². The summed E-state index contributed by atoms with van der Waals surface area (Å²) in [6.45, 7) is 5.33. The fraction of sp³-hybridized carbons (Fsp3) is 0.176. The van der Waals surface area contributed by atoms with Crippen molar-refractivity contribution in [1.29, 1.82) is 0 Å². The van der Waals surface area contributed by atoms with Gasteiger partial charge in [0.15, 0.2) is 0 Å². The Labute approximate surface area is 217 Å². The molecule has 0 fully saturated rings. The quantitative estimate of drug-likeness (QED) is 0.224. The van der Waals surface area contributed by atoms with Crippen LogP contribution in [-0.2, 0) is 23.5 Å².